The predicted octanol–water partition coefficient (Wildman–Crippen LogP) is 3.71. The number of hydrogen-bond donors (Lipinski definition) is 1. The van der Waals surface area contributed by atoms with E-state index < -0.39 is 0 Å². The molecule has 0 amide bonds. The van der Waals surface area contributed by atoms with E-state index in [9.17, 15) is 4.79 Å². The first-order valence-electron chi connectivity index (χ1n) is 6.34. The van der Waals surface area contributed by atoms with Crippen LogP contribution < -0.4 is 5.32 Å². The van der Waals surface area contributed by atoms with Gasteiger partial charge in [-0.15, -0.1) is 0 Å². The van der Waals surface area contributed by atoms with E-state index in [0.717, 1.165) is 5.69 Å². The van der Waals surface area contributed by atoms with Crippen molar-refractivity contribution in [3.63, 3.8) is 0 Å². The number of nitrogens with one attached hydrogen (secondary N) is 1. The monoisotopic (exact) mass is 249 g/mol. The molecule has 0 saturated carbocycles. The Morgan fingerprint density at radius 2 is 1.89 bits per heavy atom. The van der Waals surface area contributed by atoms with Crippen molar-refractivity contribution in [2.24, 2.45) is 5.92 Å². The average Bonchev–Trinajstić information content (AvgIpc) is 2.24. The van der Waals surface area contributed by atoms with Crippen LogP contribution in [0, 0.1) is 5.92 Å². The predicted molar refractivity (Wildman–Crippen MR) is 74.9 cm³/mol. The van der Waals surface area contributed by atoms with Gasteiger partial charge in [-0.2, -0.15) is 0 Å². The fourth-order valence-electron chi connectivity index (χ4n) is 1.49. The molecule has 0 aliphatic rings. The average molecular weight is 249 g/mol. The molecule has 0 aliphatic heterocycles. The van der Waals surface area contributed by atoms with Gasteiger partial charge in [0.1, 0.15) is 0 Å². The first kappa shape index (κ1) is 14.6. The molecular weight excluding hydrogens is 226 g/mol. The van der Waals surface area contributed by atoms with Gasteiger partial charge in [-0.3, -0.25) is 0 Å². The van der Waals surface area contributed by atoms with Gasteiger partial charge in [0.2, 0.25) is 0 Å². The molecule has 0 saturated heterocycles. The molecule has 0 unspecified atom stereocenters. The van der Waals surface area contributed by atoms with Crippen LogP contribution in [0.2, 0.25) is 0 Å². The van der Waals surface area contributed by atoms with Gasteiger partial charge in [-0.05, 0) is 38.8 Å². The lowest BCUT2D eigenvalue weighted by molar-refractivity contribution is 0.0460. The van der Waals surface area contributed by atoms with Crippen LogP contribution in [0.4, 0.5) is 5.69 Å². The number of carbonyl (C=O) groups is 1. The third-order valence-corrected chi connectivity index (χ3v) is 2.20. The molecule has 1 N–H and O–H groups in total. The van der Waals surface area contributed by atoms with Crippen molar-refractivity contribution in [3.8, 4) is 0 Å². The van der Waals surface area contributed by atoms with Crippen LogP contribution in [0.1, 0.15) is 45.0 Å². The number of hydrogen-bond acceptors (Lipinski definition) is 3. The SMILES string of the molecule is CC(C)COC(=O)c1ccccc1NC(C)(C)C. The van der Waals surface area contributed by atoms with Gasteiger partial charge in [-0.25, -0.2) is 4.79 Å². The molecule has 0 heterocycles. The molecule has 3 nitrogen and oxygen atoms in total. The van der Waals surface area contributed by atoms with E-state index in [1.54, 1.807) is 6.07 Å². The van der Waals surface area contributed by atoms with Gasteiger partial charge in [0.25, 0.3) is 0 Å². The first-order chi connectivity index (χ1) is 8.29. The Bertz CT molecular complexity index is 405. The molecule has 0 fully saturated rings. The Balaban J connectivity index is 2.84. The van der Waals surface area contributed by atoms with Gasteiger partial charge < -0.3 is 10.1 Å². The van der Waals surface area contributed by atoms with Crippen LogP contribution in [0.3, 0.4) is 0 Å². The Kier molecular flexibility index (Phi) is 4.76. The number of ether oxygens (including phenoxy) is 1. The van der Waals surface area contributed by atoms with Gasteiger partial charge >= 0.3 is 5.97 Å². The summed E-state index contributed by atoms with van der Waals surface area (Å²) in [5, 5.41) is 3.32. The van der Waals surface area contributed by atoms with E-state index in [1.807, 2.05) is 32.0 Å². The number of rotatable bonds is 4. The maximum atomic E-state index is 12.0. The fourth-order valence-corrected chi connectivity index (χ4v) is 1.49. The molecule has 0 aromatic heterocycles. The molecule has 0 aliphatic carbocycles. The van der Waals surface area contributed by atoms with Crippen molar-refractivity contribution < 1.29 is 9.53 Å². The van der Waals surface area contributed by atoms with E-state index >= 15 is 0 Å². The second kappa shape index (κ2) is 5.89. The minimum atomic E-state index is -0.268. The highest BCUT2D eigenvalue weighted by molar-refractivity contribution is 5.95. The highest BCUT2D eigenvalue weighted by Crippen LogP contribution is 2.20. The molecule has 1 aromatic carbocycles. The molecule has 0 spiro atoms. The van der Waals surface area contributed by atoms with Crippen molar-refractivity contribution in [1.82, 2.24) is 0 Å². The molecule has 3 heteroatoms. The van der Waals surface area contributed by atoms with E-state index in [1.165, 1.54) is 0 Å². The van der Waals surface area contributed by atoms with Crippen LogP contribution in [0.5, 0.6) is 0 Å². The van der Waals surface area contributed by atoms with Crippen LogP contribution >= 0.6 is 0 Å². The highest BCUT2D eigenvalue weighted by atomic mass is 16.5. The zero-order valence-corrected chi connectivity index (χ0v) is 11.9. The van der Waals surface area contributed by atoms with Crippen molar-refractivity contribution >= 4 is 11.7 Å². The summed E-state index contributed by atoms with van der Waals surface area (Å²) >= 11 is 0. The fraction of sp³-hybridized carbons (Fsp3) is 0.533. The minimum absolute atomic E-state index is 0.0889. The lowest BCUT2D eigenvalue weighted by atomic mass is 10.1. The molecule has 1 rings (SSSR count). The third kappa shape index (κ3) is 4.78. The second-order valence-corrected chi connectivity index (χ2v) is 5.91. The number of esters is 1. The smallest absolute Gasteiger partial charge is 0.340 e. The quantitative estimate of drug-likeness (QED) is 0.827. The van der Waals surface area contributed by atoms with Crippen molar-refractivity contribution in [1.29, 1.82) is 0 Å². The lowest BCUT2D eigenvalue weighted by Gasteiger charge is -2.23. The summed E-state index contributed by atoms with van der Waals surface area (Å²) in [6, 6.07) is 7.45. The summed E-state index contributed by atoms with van der Waals surface area (Å²) in [7, 11) is 0. The summed E-state index contributed by atoms with van der Waals surface area (Å²) in [5.74, 6) is 0.0766. The van der Waals surface area contributed by atoms with E-state index in [4.69, 9.17) is 4.74 Å². The number of carbonyl (C=O) groups excluding carboxylic acids is 1. The third-order valence-electron chi connectivity index (χ3n) is 2.20. The number of anilines is 1. The molecule has 0 atom stereocenters. The normalized spacial score (nSPS) is 11.4. The Morgan fingerprint density at radius 1 is 1.28 bits per heavy atom. The highest BCUT2D eigenvalue weighted by Gasteiger charge is 2.17. The Hall–Kier alpha value is -1.51. The summed E-state index contributed by atoms with van der Waals surface area (Å²) < 4.78 is 5.27. The summed E-state index contributed by atoms with van der Waals surface area (Å²) in [4.78, 5) is 12.0. The topological polar surface area (TPSA) is 38.3 Å². The largest absolute Gasteiger partial charge is 0.462 e. The maximum absolute atomic E-state index is 12.0. The molecule has 0 radical (unpaired) electrons. The van der Waals surface area contributed by atoms with Gasteiger partial charge in [0.05, 0.1) is 12.2 Å². The second-order valence-electron chi connectivity index (χ2n) is 5.91. The molecule has 1 aromatic rings. The minimum Gasteiger partial charge on any atom is -0.462 e. The lowest BCUT2D eigenvalue weighted by Crippen LogP contribution is -2.27. The van der Waals surface area contributed by atoms with Crippen LogP contribution in [-0.4, -0.2) is 18.1 Å². The van der Waals surface area contributed by atoms with Crippen molar-refractivity contribution in [3.05, 3.63) is 29.8 Å². The summed E-state index contributed by atoms with van der Waals surface area (Å²) in [6.07, 6.45) is 0. The van der Waals surface area contributed by atoms with Gasteiger partial charge in [0.15, 0.2) is 0 Å². The van der Waals surface area contributed by atoms with Crippen molar-refractivity contribution in [2.75, 3.05) is 11.9 Å². The molecular formula is C15H23NO2. The van der Waals surface area contributed by atoms with E-state index in [0.29, 0.717) is 18.1 Å². The zero-order valence-electron chi connectivity index (χ0n) is 11.9. The first-order valence-corrected chi connectivity index (χ1v) is 6.34. The van der Waals surface area contributed by atoms with Crippen molar-refractivity contribution in [2.45, 2.75) is 40.2 Å². The maximum Gasteiger partial charge on any atom is 0.340 e. The molecule has 0 bridgehead atoms. The molecule has 18 heavy (non-hydrogen) atoms. The number of para-hydroxylation sites is 1. The van der Waals surface area contributed by atoms with Gasteiger partial charge in [0, 0.05) is 11.2 Å². The standard InChI is InChI=1S/C15H23NO2/c1-11(2)10-18-14(17)12-8-6-7-9-13(12)16-15(3,4)5/h6-9,11,16H,10H2,1-5H3. The van der Waals surface area contributed by atoms with E-state index in [-0.39, 0.29) is 11.5 Å². The van der Waals surface area contributed by atoms with Crippen LogP contribution in [-0.2, 0) is 4.74 Å². The van der Waals surface area contributed by atoms with Crippen LogP contribution in [0.25, 0.3) is 0 Å². The zero-order chi connectivity index (χ0) is 13.8. The van der Waals surface area contributed by atoms with E-state index in [2.05, 4.69) is 26.1 Å². The molecule has 100 valence electrons. The van der Waals surface area contributed by atoms with Crippen LogP contribution in [0.15, 0.2) is 24.3 Å². The Labute approximate surface area is 110 Å². The summed E-state index contributed by atoms with van der Waals surface area (Å²) in [6.45, 7) is 10.7. The Morgan fingerprint density at radius 3 is 2.44 bits per heavy atom. The number of benzene rings is 1. The van der Waals surface area contributed by atoms with Gasteiger partial charge in [-0.1, -0.05) is 26.0 Å². The summed E-state index contributed by atoms with van der Waals surface area (Å²) in [5.41, 5.74) is 1.32.